The number of carbonyl (C=O) groups is 4. The van der Waals surface area contributed by atoms with Gasteiger partial charge in [0.15, 0.2) is 12.2 Å². The van der Waals surface area contributed by atoms with Crippen LogP contribution in [0.3, 0.4) is 0 Å². The van der Waals surface area contributed by atoms with Crippen LogP contribution in [0.5, 0.6) is 0 Å². The Labute approximate surface area is 142 Å². The van der Waals surface area contributed by atoms with Crippen molar-refractivity contribution in [3.8, 4) is 0 Å². The fourth-order valence-corrected chi connectivity index (χ4v) is 2.99. The number of hydrogen-bond acceptors (Lipinski definition) is 11. The first-order valence-electron chi connectivity index (χ1n) is 7.32. The normalized spacial score (nSPS) is 31.1. The van der Waals surface area contributed by atoms with Crippen molar-refractivity contribution in [2.75, 3.05) is 28.4 Å². The molecule has 11 heteroatoms. The molecule has 25 heavy (non-hydrogen) atoms. The molecule has 0 radical (unpaired) electrons. The molecular formula is C14H19NO10. The van der Waals surface area contributed by atoms with Crippen LogP contribution in [0.15, 0.2) is 0 Å². The molecule has 2 aliphatic heterocycles. The average molecular weight is 361 g/mol. The zero-order valence-corrected chi connectivity index (χ0v) is 14.1. The summed E-state index contributed by atoms with van der Waals surface area (Å²) in [6, 6.07) is -0.945. The summed E-state index contributed by atoms with van der Waals surface area (Å²) < 4.78 is 18.6. The topological polar surface area (TPSA) is 127 Å². The number of rotatable bonds is 5. The van der Waals surface area contributed by atoms with Crippen LogP contribution in [0.1, 0.15) is 6.42 Å². The van der Waals surface area contributed by atoms with Crippen LogP contribution in [0.2, 0.25) is 0 Å². The number of fused-ring (bicyclic) bond motifs is 1. The van der Waals surface area contributed by atoms with Crippen LogP contribution in [0.25, 0.3) is 0 Å². The Kier molecular flexibility index (Phi) is 5.93. The first-order chi connectivity index (χ1) is 11.9. The second kappa shape index (κ2) is 7.76. The molecule has 140 valence electrons. The van der Waals surface area contributed by atoms with Crippen LogP contribution < -0.4 is 0 Å². The quantitative estimate of drug-likeness (QED) is 0.424. The molecule has 0 unspecified atom stereocenters. The second-order valence-electron chi connectivity index (χ2n) is 5.37. The predicted molar refractivity (Wildman–Crippen MR) is 75.0 cm³/mol. The highest BCUT2D eigenvalue weighted by molar-refractivity contribution is 5.85. The molecule has 0 aliphatic carbocycles. The summed E-state index contributed by atoms with van der Waals surface area (Å²) in [6.45, 7) is 0. The molecule has 2 heterocycles. The molecular weight excluding hydrogens is 342 g/mol. The molecule has 0 N–H and O–H groups in total. The van der Waals surface area contributed by atoms with Gasteiger partial charge in [0.25, 0.3) is 0 Å². The van der Waals surface area contributed by atoms with E-state index in [1.807, 2.05) is 0 Å². The molecule has 0 aromatic rings. The first-order valence-corrected chi connectivity index (χ1v) is 7.32. The Bertz CT molecular complexity index is 564. The van der Waals surface area contributed by atoms with Crippen molar-refractivity contribution < 1.29 is 47.8 Å². The summed E-state index contributed by atoms with van der Waals surface area (Å²) in [4.78, 5) is 58.5. The highest BCUT2D eigenvalue weighted by atomic mass is 17.0. The average Bonchev–Trinajstić information content (AvgIpc) is 3.16. The zero-order chi connectivity index (χ0) is 18.7. The van der Waals surface area contributed by atoms with Gasteiger partial charge in [0.1, 0.15) is 5.92 Å². The van der Waals surface area contributed by atoms with E-state index in [2.05, 4.69) is 14.2 Å². The zero-order valence-electron chi connectivity index (χ0n) is 14.1. The predicted octanol–water partition coefficient (Wildman–Crippen LogP) is -1.40. The van der Waals surface area contributed by atoms with Gasteiger partial charge in [-0.25, -0.2) is 9.59 Å². The molecule has 0 bridgehead atoms. The standard InChI is InChI=1S/C14H19NO10/c1-20-7(16)5-6-9-8(12(17)21-2)11(14(19)23-4)25-15(9)24-10(6)13(18)22-3/h6,8-11H,5H2,1-4H3/t6-,8-,9+,10-,11+/m0/s1. The van der Waals surface area contributed by atoms with Crippen molar-refractivity contribution in [1.29, 1.82) is 0 Å². The van der Waals surface area contributed by atoms with Crippen LogP contribution in [-0.4, -0.2) is 75.8 Å². The molecule has 5 atom stereocenters. The van der Waals surface area contributed by atoms with E-state index in [4.69, 9.17) is 14.4 Å². The van der Waals surface area contributed by atoms with E-state index in [0.29, 0.717) is 0 Å². The van der Waals surface area contributed by atoms with E-state index in [1.165, 1.54) is 7.11 Å². The third-order valence-corrected chi connectivity index (χ3v) is 4.17. The summed E-state index contributed by atoms with van der Waals surface area (Å²) in [7, 11) is 4.61. The van der Waals surface area contributed by atoms with E-state index in [1.54, 1.807) is 0 Å². The molecule has 2 rings (SSSR count). The molecule has 0 amide bonds. The number of nitrogens with zero attached hydrogens (tertiary/aromatic N) is 1. The first kappa shape index (κ1) is 19.1. The summed E-state index contributed by atoms with van der Waals surface area (Å²) in [5.41, 5.74) is 0. The third kappa shape index (κ3) is 3.43. The number of ether oxygens (including phenoxy) is 4. The van der Waals surface area contributed by atoms with Crippen LogP contribution in [0, 0.1) is 11.8 Å². The van der Waals surface area contributed by atoms with Crippen molar-refractivity contribution in [2.24, 2.45) is 11.8 Å². The molecule has 2 aliphatic rings. The van der Waals surface area contributed by atoms with Crippen molar-refractivity contribution in [3.63, 3.8) is 0 Å². The second-order valence-corrected chi connectivity index (χ2v) is 5.37. The lowest BCUT2D eigenvalue weighted by molar-refractivity contribution is -0.350. The fraction of sp³-hybridized carbons (Fsp3) is 0.714. The number of methoxy groups -OCH3 is 4. The van der Waals surface area contributed by atoms with E-state index in [-0.39, 0.29) is 6.42 Å². The van der Waals surface area contributed by atoms with Gasteiger partial charge >= 0.3 is 23.9 Å². The van der Waals surface area contributed by atoms with Crippen molar-refractivity contribution >= 4 is 23.9 Å². The highest BCUT2D eigenvalue weighted by Gasteiger charge is 2.63. The number of hydroxylamine groups is 2. The minimum absolute atomic E-state index is 0.262. The van der Waals surface area contributed by atoms with Gasteiger partial charge in [-0.05, 0) is 0 Å². The molecule has 2 fully saturated rings. The van der Waals surface area contributed by atoms with Crippen molar-refractivity contribution in [3.05, 3.63) is 0 Å². The van der Waals surface area contributed by atoms with Crippen LogP contribution in [-0.2, 0) is 47.8 Å². The largest absolute Gasteiger partial charge is 0.469 e. The van der Waals surface area contributed by atoms with E-state index in [9.17, 15) is 19.2 Å². The number of hydrogen-bond donors (Lipinski definition) is 0. The van der Waals surface area contributed by atoms with Gasteiger partial charge in [-0.2, -0.15) is 0 Å². The van der Waals surface area contributed by atoms with Gasteiger partial charge in [-0.3, -0.25) is 19.3 Å². The van der Waals surface area contributed by atoms with Crippen LogP contribution >= 0.6 is 0 Å². The minimum Gasteiger partial charge on any atom is -0.469 e. The van der Waals surface area contributed by atoms with Crippen molar-refractivity contribution in [2.45, 2.75) is 24.7 Å². The Morgan fingerprint density at radius 2 is 1.32 bits per heavy atom. The van der Waals surface area contributed by atoms with E-state index < -0.39 is 54.0 Å². The summed E-state index contributed by atoms with van der Waals surface area (Å²) in [5.74, 6) is -5.01. The molecule has 0 aromatic heterocycles. The third-order valence-electron chi connectivity index (χ3n) is 4.17. The Balaban J connectivity index is 2.38. The molecule has 0 saturated carbocycles. The maximum Gasteiger partial charge on any atom is 0.338 e. The SMILES string of the molecule is COC(=O)C[C@H]1[C@@H]2[C@H](C(=O)OC)[C@H](C(=O)OC)ON2O[C@@H]1C(=O)OC. The van der Waals surface area contributed by atoms with Gasteiger partial charge in [-0.15, -0.1) is 0 Å². The van der Waals surface area contributed by atoms with E-state index >= 15 is 0 Å². The Hall–Kier alpha value is -2.24. The van der Waals surface area contributed by atoms with E-state index in [0.717, 1.165) is 26.6 Å². The number of carbonyl (C=O) groups excluding carboxylic acids is 4. The monoisotopic (exact) mass is 361 g/mol. The molecule has 0 aromatic carbocycles. The lowest BCUT2D eigenvalue weighted by Gasteiger charge is -2.22. The van der Waals surface area contributed by atoms with Gasteiger partial charge in [-0.1, -0.05) is 5.23 Å². The van der Waals surface area contributed by atoms with Crippen molar-refractivity contribution in [1.82, 2.24) is 5.23 Å². The fourth-order valence-electron chi connectivity index (χ4n) is 2.99. The van der Waals surface area contributed by atoms with Crippen LogP contribution in [0.4, 0.5) is 0 Å². The van der Waals surface area contributed by atoms with Gasteiger partial charge in [0.2, 0.25) is 0 Å². The molecule has 11 nitrogen and oxygen atoms in total. The lowest BCUT2D eigenvalue weighted by Crippen LogP contribution is -2.44. The summed E-state index contributed by atoms with van der Waals surface area (Å²) in [6.07, 6.45) is -2.80. The van der Waals surface area contributed by atoms with Gasteiger partial charge < -0.3 is 18.9 Å². The Morgan fingerprint density at radius 1 is 0.800 bits per heavy atom. The Morgan fingerprint density at radius 3 is 1.84 bits per heavy atom. The van der Waals surface area contributed by atoms with Gasteiger partial charge in [0.05, 0.1) is 40.9 Å². The maximum atomic E-state index is 12.2. The minimum atomic E-state index is -1.33. The number of esters is 4. The molecule has 0 spiro atoms. The maximum absolute atomic E-state index is 12.2. The summed E-state index contributed by atoms with van der Waals surface area (Å²) >= 11 is 0. The lowest BCUT2D eigenvalue weighted by atomic mass is 9.82. The highest BCUT2D eigenvalue weighted by Crippen LogP contribution is 2.43. The molecule has 2 saturated heterocycles. The smallest absolute Gasteiger partial charge is 0.338 e. The van der Waals surface area contributed by atoms with Gasteiger partial charge in [0, 0.05) is 5.92 Å². The summed E-state index contributed by atoms with van der Waals surface area (Å²) in [5, 5.41) is 0.859.